The quantitative estimate of drug-likeness (QED) is 0.231. The fourth-order valence-electron chi connectivity index (χ4n) is 11.0. The molecule has 0 spiro atoms. The van der Waals surface area contributed by atoms with E-state index in [1.54, 1.807) is 6.08 Å². The molecule has 2 N–H and O–H groups in total. The summed E-state index contributed by atoms with van der Waals surface area (Å²) in [5.41, 5.74) is 1.55. The van der Waals surface area contributed by atoms with Crippen molar-refractivity contribution in [2.75, 3.05) is 6.61 Å². The molecule has 0 saturated heterocycles. The first-order valence-electron chi connectivity index (χ1n) is 15.5. The van der Waals surface area contributed by atoms with Crippen LogP contribution in [0, 0.1) is 50.2 Å². The lowest BCUT2D eigenvalue weighted by Gasteiger charge is -2.71. The van der Waals surface area contributed by atoms with E-state index < -0.39 is 6.10 Å². The molecule has 4 heteroatoms. The van der Waals surface area contributed by atoms with Crippen LogP contribution in [0.5, 0.6) is 0 Å². The SMILES string of the molecule is CCOC(=O)C=C[C@]12CCC(C)(C)C[C@H]1[C@H]1[C@H](O)C=C3[C@@]4(C)CC[C@H](O)C(C)(C)[C@@H]4CC[C@@]3(C)[C@]1(C)CC2. The van der Waals surface area contributed by atoms with Crippen LogP contribution in [0.3, 0.4) is 0 Å². The lowest BCUT2D eigenvalue weighted by molar-refractivity contribution is -0.187. The second-order valence-corrected chi connectivity index (χ2v) is 16.0. The number of aliphatic hydroxyl groups is 2. The average molecular weight is 527 g/mol. The van der Waals surface area contributed by atoms with Gasteiger partial charge < -0.3 is 14.9 Å². The van der Waals surface area contributed by atoms with Gasteiger partial charge in [-0.15, -0.1) is 0 Å². The lowest BCUT2D eigenvalue weighted by atomic mass is 9.33. The summed E-state index contributed by atoms with van der Waals surface area (Å²) < 4.78 is 5.27. The second-order valence-electron chi connectivity index (χ2n) is 16.0. The van der Waals surface area contributed by atoms with Gasteiger partial charge in [0.05, 0.1) is 18.8 Å². The van der Waals surface area contributed by atoms with Gasteiger partial charge in [0.2, 0.25) is 0 Å². The zero-order chi connectivity index (χ0) is 27.9. The van der Waals surface area contributed by atoms with Crippen LogP contribution in [0.2, 0.25) is 0 Å². The number of allylic oxidation sites excluding steroid dienone is 2. The summed E-state index contributed by atoms with van der Waals surface area (Å²) in [6, 6.07) is 0. The number of aliphatic hydroxyl groups excluding tert-OH is 2. The number of carbonyl (C=O) groups is 1. The Balaban J connectivity index is 1.60. The monoisotopic (exact) mass is 526 g/mol. The number of fused-ring (bicyclic) bond motifs is 7. The van der Waals surface area contributed by atoms with Gasteiger partial charge in [-0.1, -0.05) is 66.2 Å². The highest BCUT2D eigenvalue weighted by Gasteiger charge is 2.69. The Kier molecular flexibility index (Phi) is 6.68. The predicted octanol–water partition coefficient (Wildman–Crippen LogP) is 7.24. The topological polar surface area (TPSA) is 66.8 Å². The molecule has 9 atom stereocenters. The van der Waals surface area contributed by atoms with Gasteiger partial charge in [0.25, 0.3) is 0 Å². The van der Waals surface area contributed by atoms with Crippen LogP contribution >= 0.6 is 0 Å². The zero-order valence-electron chi connectivity index (χ0n) is 25.4. The van der Waals surface area contributed by atoms with Crippen LogP contribution in [-0.4, -0.2) is 35.0 Å². The van der Waals surface area contributed by atoms with Crippen LogP contribution in [0.4, 0.5) is 0 Å². The first-order valence-corrected chi connectivity index (χ1v) is 15.5. The molecule has 0 aromatic heterocycles. The van der Waals surface area contributed by atoms with Crippen molar-refractivity contribution in [2.24, 2.45) is 50.2 Å². The first-order chi connectivity index (χ1) is 17.6. The molecule has 0 heterocycles. The van der Waals surface area contributed by atoms with E-state index in [9.17, 15) is 15.0 Å². The number of carbonyl (C=O) groups excluding carboxylic acids is 1. The molecule has 5 rings (SSSR count). The van der Waals surface area contributed by atoms with Crippen molar-refractivity contribution in [1.82, 2.24) is 0 Å². The summed E-state index contributed by atoms with van der Waals surface area (Å²) in [5, 5.41) is 23.1. The predicted molar refractivity (Wildman–Crippen MR) is 152 cm³/mol. The maximum absolute atomic E-state index is 12.4. The Morgan fingerprint density at radius 2 is 1.66 bits per heavy atom. The van der Waals surface area contributed by atoms with Gasteiger partial charge >= 0.3 is 5.97 Å². The van der Waals surface area contributed by atoms with Gasteiger partial charge in [0, 0.05) is 6.08 Å². The Morgan fingerprint density at radius 1 is 0.974 bits per heavy atom. The number of hydrogen-bond donors (Lipinski definition) is 2. The number of ether oxygens (including phenoxy) is 1. The second kappa shape index (κ2) is 8.93. The highest BCUT2D eigenvalue weighted by atomic mass is 16.5. The number of hydrogen-bond acceptors (Lipinski definition) is 4. The van der Waals surface area contributed by atoms with Crippen molar-refractivity contribution in [3.8, 4) is 0 Å². The summed E-state index contributed by atoms with van der Waals surface area (Å²) in [6.07, 6.45) is 15.0. The van der Waals surface area contributed by atoms with E-state index >= 15 is 0 Å². The molecular formula is C34H54O4. The Morgan fingerprint density at radius 3 is 2.34 bits per heavy atom. The Bertz CT molecular complexity index is 1020. The molecule has 0 radical (unpaired) electrons. The molecule has 0 bridgehead atoms. The maximum atomic E-state index is 12.4. The number of rotatable bonds is 3. The lowest BCUT2D eigenvalue weighted by Crippen LogP contribution is -2.65. The first kappa shape index (κ1) is 28.4. The molecule has 0 aliphatic heterocycles. The van der Waals surface area contributed by atoms with E-state index in [4.69, 9.17) is 4.74 Å². The van der Waals surface area contributed by atoms with E-state index in [1.807, 2.05) is 6.92 Å². The molecule has 214 valence electrons. The summed E-state index contributed by atoms with van der Waals surface area (Å²) in [5.74, 6) is 0.675. The summed E-state index contributed by atoms with van der Waals surface area (Å²) in [4.78, 5) is 12.4. The van der Waals surface area contributed by atoms with E-state index in [-0.39, 0.29) is 50.5 Å². The minimum Gasteiger partial charge on any atom is -0.463 e. The van der Waals surface area contributed by atoms with Gasteiger partial charge in [-0.3, -0.25) is 0 Å². The maximum Gasteiger partial charge on any atom is 0.330 e. The molecule has 0 amide bonds. The van der Waals surface area contributed by atoms with Crippen molar-refractivity contribution in [1.29, 1.82) is 0 Å². The number of esters is 1. The largest absolute Gasteiger partial charge is 0.463 e. The summed E-state index contributed by atoms with van der Waals surface area (Å²) in [7, 11) is 0. The molecule has 4 nitrogen and oxygen atoms in total. The van der Waals surface area contributed by atoms with E-state index in [0.29, 0.717) is 18.4 Å². The van der Waals surface area contributed by atoms with Crippen molar-refractivity contribution in [3.63, 3.8) is 0 Å². The normalized spacial score (nSPS) is 49.2. The van der Waals surface area contributed by atoms with Gasteiger partial charge in [-0.25, -0.2) is 4.79 Å². The molecule has 0 unspecified atom stereocenters. The molecule has 4 fully saturated rings. The van der Waals surface area contributed by atoms with Crippen LogP contribution < -0.4 is 0 Å². The molecule has 0 aromatic rings. The van der Waals surface area contributed by atoms with Gasteiger partial charge in [0.15, 0.2) is 0 Å². The summed E-state index contributed by atoms with van der Waals surface area (Å²) >= 11 is 0. The minimum absolute atomic E-state index is 0.00880. The smallest absolute Gasteiger partial charge is 0.330 e. The van der Waals surface area contributed by atoms with E-state index in [2.05, 4.69) is 60.6 Å². The fraction of sp³-hybridized carbons (Fsp3) is 0.853. The Hall–Kier alpha value is -1.13. The van der Waals surface area contributed by atoms with Crippen molar-refractivity contribution in [3.05, 3.63) is 23.8 Å². The van der Waals surface area contributed by atoms with Crippen LogP contribution in [-0.2, 0) is 9.53 Å². The van der Waals surface area contributed by atoms with Crippen molar-refractivity contribution < 1.29 is 19.7 Å². The molecular weight excluding hydrogens is 472 g/mol. The Labute approximate surface area is 231 Å². The van der Waals surface area contributed by atoms with Crippen LogP contribution in [0.1, 0.15) is 113 Å². The van der Waals surface area contributed by atoms with Crippen LogP contribution in [0.25, 0.3) is 0 Å². The highest BCUT2D eigenvalue weighted by molar-refractivity contribution is 5.82. The standard InChI is InChI=1S/C34H54O4/c1-9-38-27(37)12-15-34-18-16-29(2,3)21-22(34)28-23(35)20-25-31(6)13-11-26(36)30(4,5)24(31)10-14-32(25,7)33(28,8)17-19-34/h12,15,20,22-24,26,28,35-36H,9-11,13-14,16-19,21H2,1-8H3/t22-,23+,24-,26-,28-,31-,32+,33+,34+/m0/s1. The van der Waals surface area contributed by atoms with Gasteiger partial charge in [0.1, 0.15) is 0 Å². The van der Waals surface area contributed by atoms with E-state index in [0.717, 1.165) is 57.8 Å². The highest BCUT2D eigenvalue weighted by Crippen LogP contribution is 2.75. The third kappa shape index (κ3) is 3.85. The molecule has 4 saturated carbocycles. The van der Waals surface area contributed by atoms with Gasteiger partial charge in [-0.05, 0) is 115 Å². The third-order valence-corrected chi connectivity index (χ3v) is 13.5. The van der Waals surface area contributed by atoms with Crippen molar-refractivity contribution in [2.45, 2.75) is 125 Å². The molecule has 38 heavy (non-hydrogen) atoms. The van der Waals surface area contributed by atoms with Crippen molar-refractivity contribution >= 4 is 5.97 Å². The zero-order valence-corrected chi connectivity index (χ0v) is 25.4. The fourth-order valence-corrected chi connectivity index (χ4v) is 11.0. The molecule has 5 aliphatic rings. The average Bonchev–Trinajstić information content (AvgIpc) is 2.82. The van der Waals surface area contributed by atoms with E-state index in [1.165, 1.54) is 5.57 Å². The summed E-state index contributed by atoms with van der Waals surface area (Å²) in [6.45, 7) is 19.0. The molecule has 5 aliphatic carbocycles. The minimum atomic E-state index is -0.483. The molecule has 0 aromatic carbocycles. The van der Waals surface area contributed by atoms with Gasteiger partial charge in [-0.2, -0.15) is 0 Å². The van der Waals surface area contributed by atoms with Crippen LogP contribution in [0.15, 0.2) is 23.8 Å². The third-order valence-electron chi connectivity index (χ3n) is 13.5.